The zero-order valence-corrected chi connectivity index (χ0v) is 9.70. The number of aliphatic imine (C=N–C) groups is 1. The minimum Gasteiger partial charge on any atom is -0.370 e. The molecule has 0 radical (unpaired) electrons. The van der Waals surface area contributed by atoms with Crippen LogP contribution in [-0.2, 0) is 6.54 Å². The van der Waals surface area contributed by atoms with E-state index in [-0.39, 0.29) is 11.9 Å². The second kappa shape index (κ2) is 5.37. The zero-order valence-electron chi connectivity index (χ0n) is 8.94. The Balaban J connectivity index is 2.72. The van der Waals surface area contributed by atoms with Crippen LogP contribution in [0.2, 0.25) is 5.02 Å². The molecule has 6 heteroatoms. The molecular weight excluding hydrogens is 226 g/mol. The lowest BCUT2D eigenvalue weighted by atomic mass is 10.2. The van der Waals surface area contributed by atoms with Crippen molar-refractivity contribution < 1.29 is 0 Å². The Hall–Kier alpha value is -1.75. The lowest BCUT2D eigenvalue weighted by molar-refractivity contribution is 0.491. The maximum atomic E-state index is 7.58. The van der Waals surface area contributed by atoms with Gasteiger partial charge in [0.05, 0.1) is 0 Å². The number of guanidine groups is 2. The minimum absolute atomic E-state index is 0.0000743. The van der Waals surface area contributed by atoms with Crippen LogP contribution in [0, 0.1) is 5.41 Å². The van der Waals surface area contributed by atoms with Crippen molar-refractivity contribution in [2.24, 2.45) is 16.5 Å². The Morgan fingerprint density at radius 2 is 2.06 bits per heavy atom. The maximum absolute atomic E-state index is 7.58. The average Bonchev–Trinajstić information content (AvgIpc) is 2.20. The van der Waals surface area contributed by atoms with Crippen LogP contribution in [-0.4, -0.2) is 23.9 Å². The summed E-state index contributed by atoms with van der Waals surface area (Å²) < 4.78 is 0. The predicted molar refractivity (Wildman–Crippen MR) is 66.5 cm³/mol. The van der Waals surface area contributed by atoms with Gasteiger partial charge in [-0.1, -0.05) is 29.8 Å². The van der Waals surface area contributed by atoms with E-state index < -0.39 is 0 Å². The van der Waals surface area contributed by atoms with Crippen LogP contribution < -0.4 is 11.5 Å². The van der Waals surface area contributed by atoms with Gasteiger partial charge in [0.2, 0.25) is 5.96 Å². The van der Waals surface area contributed by atoms with Crippen molar-refractivity contribution in [3.63, 3.8) is 0 Å². The predicted octanol–water partition coefficient (Wildman–Crippen LogP) is 0.980. The Morgan fingerprint density at radius 3 is 2.62 bits per heavy atom. The Labute approximate surface area is 99.2 Å². The van der Waals surface area contributed by atoms with Crippen LogP contribution in [0.15, 0.2) is 29.3 Å². The lowest BCUT2D eigenvalue weighted by Crippen LogP contribution is -2.30. The van der Waals surface area contributed by atoms with Gasteiger partial charge in [0.1, 0.15) is 0 Å². The van der Waals surface area contributed by atoms with Gasteiger partial charge in [-0.2, -0.15) is 4.99 Å². The van der Waals surface area contributed by atoms with Gasteiger partial charge < -0.3 is 16.4 Å². The largest absolute Gasteiger partial charge is 0.370 e. The molecule has 0 amide bonds. The highest BCUT2D eigenvalue weighted by Crippen LogP contribution is 2.16. The van der Waals surface area contributed by atoms with Crippen molar-refractivity contribution in [2.75, 3.05) is 7.05 Å². The molecule has 0 aliphatic carbocycles. The SMILES string of the molecule is CN(Cc1ccccc1Cl)C(=N)N=C(N)N. The molecule has 0 aliphatic rings. The molecule has 16 heavy (non-hydrogen) atoms. The van der Waals surface area contributed by atoms with Gasteiger partial charge in [-0.15, -0.1) is 0 Å². The van der Waals surface area contributed by atoms with E-state index in [2.05, 4.69) is 4.99 Å². The summed E-state index contributed by atoms with van der Waals surface area (Å²) >= 11 is 6.00. The smallest absolute Gasteiger partial charge is 0.221 e. The van der Waals surface area contributed by atoms with Gasteiger partial charge in [-0.3, -0.25) is 5.41 Å². The van der Waals surface area contributed by atoms with E-state index in [0.29, 0.717) is 11.6 Å². The number of hydrogen-bond donors (Lipinski definition) is 3. The van der Waals surface area contributed by atoms with Crippen molar-refractivity contribution in [3.05, 3.63) is 34.9 Å². The molecule has 5 nitrogen and oxygen atoms in total. The molecule has 1 aromatic rings. The highest BCUT2D eigenvalue weighted by molar-refractivity contribution is 6.31. The van der Waals surface area contributed by atoms with Crippen LogP contribution in [0.3, 0.4) is 0 Å². The van der Waals surface area contributed by atoms with Crippen LogP contribution in [0.1, 0.15) is 5.56 Å². The molecule has 0 spiro atoms. The third kappa shape index (κ3) is 3.43. The van der Waals surface area contributed by atoms with Crippen molar-refractivity contribution in [1.82, 2.24) is 4.90 Å². The molecule has 0 fully saturated rings. The third-order valence-corrected chi connectivity index (χ3v) is 2.33. The van der Waals surface area contributed by atoms with E-state index in [0.717, 1.165) is 5.56 Å². The molecule has 0 aliphatic heterocycles. The maximum Gasteiger partial charge on any atom is 0.221 e. The number of nitrogens with one attached hydrogen (secondary N) is 1. The molecule has 86 valence electrons. The molecule has 0 unspecified atom stereocenters. The van der Waals surface area contributed by atoms with E-state index in [4.69, 9.17) is 28.5 Å². The van der Waals surface area contributed by atoms with Gasteiger partial charge in [0.25, 0.3) is 0 Å². The van der Waals surface area contributed by atoms with E-state index >= 15 is 0 Å². The first-order valence-electron chi connectivity index (χ1n) is 4.63. The number of rotatable bonds is 2. The number of nitrogens with two attached hydrogens (primary N) is 2. The highest BCUT2D eigenvalue weighted by atomic mass is 35.5. The second-order valence-corrected chi connectivity index (χ2v) is 3.71. The van der Waals surface area contributed by atoms with Crippen LogP contribution >= 0.6 is 11.6 Å². The number of halogens is 1. The summed E-state index contributed by atoms with van der Waals surface area (Å²) in [5.41, 5.74) is 11.3. The monoisotopic (exact) mass is 239 g/mol. The molecular formula is C10H14ClN5. The first-order valence-corrected chi connectivity index (χ1v) is 5.01. The van der Waals surface area contributed by atoms with Crippen molar-refractivity contribution in [1.29, 1.82) is 5.41 Å². The summed E-state index contributed by atoms with van der Waals surface area (Å²) in [7, 11) is 1.72. The summed E-state index contributed by atoms with van der Waals surface area (Å²) in [5.74, 6) is -0.129. The molecule has 0 aromatic heterocycles. The standard InChI is InChI=1S/C10H14ClN5/c1-16(10(14)15-9(12)13)6-7-4-2-3-5-8(7)11/h2-5H,6H2,1H3,(H5,12,13,14,15). The molecule has 1 aromatic carbocycles. The zero-order chi connectivity index (χ0) is 12.1. The van der Waals surface area contributed by atoms with Crippen molar-refractivity contribution in [2.45, 2.75) is 6.54 Å². The minimum atomic E-state index is -0.129. The van der Waals surface area contributed by atoms with Crippen molar-refractivity contribution in [3.8, 4) is 0 Å². The number of benzene rings is 1. The first-order chi connectivity index (χ1) is 7.50. The molecule has 0 heterocycles. The van der Waals surface area contributed by atoms with Crippen LogP contribution in [0.4, 0.5) is 0 Å². The highest BCUT2D eigenvalue weighted by Gasteiger charge is 2.06. The van der Waals surface area contributed by atoms with Gasteiger partial charge in [0, 0.05) is 18.6 Å². The van der Waals surface area contributed by atoms with Crippen molar-refractivity contribution >= 4 is 23.5 Å². The molecule has 0 atom stereocenters. The Morgan fingerprint density at radius 1 is 1.44 bits per heavy atom. The molecule has 0 saturated carbocycles. The fraction of sp³-hybridized carbons (Fsp3) is 0.200. The van der Waals surface area contributed by atoms with Gasteiger partial charge in [0.15, 0.2) is 5.96 Å². The molecule has 0 saturated heterocycles. The number of hydrogen-bond acceptors (Lipinski definition) is 1. The normalized spacial score (nSPS) is 9.62. The number of nitrogens with zero attached hydrogens (tertiary/aromatic N) is 2. The van der Waals surface area contributed by atoms with E-state index in [1.54, 1.807) is 18.0 Å². The van der Waals surface area contributed by atoms with E-state index in [1.807, 2.05) is 18.2 Å². The Kier molecular flexibility index (Phi) is 4.13. The topological polar surface area (TPSA) is 91.5 Å². The van der Waals surface area contributed by atoms with Gasteiger partial charge >= 0.3 is 0 Å². The van der Waals surface area contributed by atoms with Gasteiger partial charge in [-0.05, 0) is 11.6 Å². The molecule has 0 bridgehead atoms. The fourth-order valence-corrected chi connectivity index (χ4v) is 1.36. The second-order valence-electron chi connectivity index (χ2n) is 3.31. The van der Waals surface area contributed by atoms with Crippen LogP contribution in [0.5, 0.6) is 0 Å². The van der Waals surface area contributed by atoms with E-state index in [9.17, 15) is 0 Å². The summed E-state index contributed by atoms with van der Waals surface area (Å²) in [6.45, 7) is 0.481. The molecule has 5 N–H and O–H groups in total. The average molecular weight is 240 g/mol. The third-order valence-electron chi connectivity index (χ3n) is 1.96. The lowest BCUT2D eigenvalue weighted by Gasteiger charge is -2.17. The summed E-state index contributed by atoms with van der Waals surface area (Å²) in [6.07, 6.45) is 0. The van der Waals surface area contributed by atoms with E-state index in [1.165, 1.54) is 0 Å². The first kappa shape index (κ1) is 12.3. The summed E-state index contributed by atoms with van der Waals surface area (Å²) in [4.78, 5) is 5.24. The molecule has 1 rings (SSSR count). The van der Waals surface area contributed by atoms with Crippen LogP contribution in [0.25, 0.3) is 0 Å². The summed E-state index contributed by atoms with van der Waals surface area (Å²) in [6, 6.07) is 7.43. The van der Waals surface area contributed by atoms with Gasteiger partial charge in [-0.25, -0.2) is 0 Å². The summed E-state index contributed by atoms with van der Waals surface area (Å²) in [5, 5.41) is 8.24. The quantitative estimate of drug-likeness (QED) is 0.531. The fourth-order valence-electron chi connectivity index (χ4n) is 1.16. The Bertz CT molecular complexity index is 411.